The third-order valence-corrected chi connectivity index (χ3v) is 4.90. The van der Waals surface area contributed by atoms with Gasteiger partial charge in [0.05, 0.1) is 17.7 Å². The third kappa shape index (κ3) is 4.17. The van der Waals surface area contributed by atoms with E-state index in [2.05, 4.69) is 23.5 Å². The van der Waals surface area contributed by atoms with Crippen molar-refractivity contribution >= 4 is 22.9 Å². The van der Waals surface area contributed by atoms with Crippen LogP contribution in [0.5, 0.6) is 0 Å². The average molecular weight is 342 g/mol. The average Bonchev–Trinajstić information content (AvgIpc) is 3.16. The molecule has 24 heavy (non-hydrogen) atoms. The summed E-state index contributed by atoms with van der Waals surface area (Å²) in [5.74, 6) is 0.0561. The van der Waals surface area contributed by atoms with Crippen LogP contribution in [0, 0.1) is 0 Å². The highest BCUT2D eigenvalue weighted by Crippen LogP contribution is 2.20. The van der Waals surface area contributed by atoms with Gasteiger partial charge in [-0.3, -0.25) is 4.79 Å². The first-order valence-electron chi connectivity index (χ1n) is 8.15. The summed E-state index contributed by atoms with van der Waals surface area (Å²) in [6, 6.07) is 11.9. The normalized spacial score (nSPS) is 16.5. The van der Waals surface area contributed by atoms with Gasteiger partial charge in [-0.2, -0.15) is 0 Å². The number of anilines is 1. The highest BCUT2D eigenvalue weighted by molar-refractivity contribution is 7.12. The maximum atomic E-state index is 12.4. The summed E-state index contributed by atoms with van der Waals surface area (Å²) < 4.78 is 5.60. The van der Waals surface area contributed by atoms with Gasteiger partial charge >= 0.3 is 0 Å². The Morgan fingerprint density at radius 2 is 2.21 bits per heavy atom. The topological polar surface area (TPSA) is 41.6 Å². The molecule has 0 aliphatic carbocycles. The number of carbonyl (C=O) groups is 1. The quantitative estimate of drug-likeness (QED) is 0.858. The first-order chi connectivity index (χ1) is 11.7. The number of thiophene rings is 1. The molecule has 1 aliphatic heterocycles. The monoisotopic (exact) mass is 342 g/mol. The molecule has 0 spiro atoms. The van der Waals surface area contributed by atoms with E-state index in [0.717, 1.165) is 35.5 Å². The van der Waals surface area contributed by atoms with Gasteiger partial charge in [-0.05, 0) is 42.0 Å². The lowest BCUT2D eigenvalue weighted by Gasteiger charge is -2.23. The molecule has 1 aliphatic rings. The molecular weight excluding hydrogens is 320 g/mol. The minimum Gasteiger partial charge on any atom is -0.497 e. The molecule has 1 atom stereocenters. The van der Waals surface area contributed by atoms with E-state index in [9.17, 15) is 4.79 Å². The first kappa shape index (κ1) is 16.6. The van der Waals surface area contributed by atoms with Crippen LogP contribution >= 0.6 is 11.3 Å². The molecule has 0 unspecified atom stereocenters. The fraction of sp³-hybridized carbons (Fsp3) is 0.316. The Hall–Kier alpha value is -2.27. The van der Waals surface area contributed by atoms with E-state index >= 15 is 0 Å². The second kappa shape index (κ2) is 8.02. The first-order valence-corrected chi connectivity index (χ1v) is 9.03. The minimum atomic E-state index is 0.0561. The second-order valence-electron chi connectivity index (χ2n) is 5.88. The molecule has 1 amide bonds. The Morgan fingerprint density at radius 3 is 2.96 bits per heavy atom. The zero-order chi connectivity index (χ0) is 16.8. The van der Waals surface area contributed by atoms with Gasteiger partial charge in [0.15, 0.2) is 0 Å². The Kier molecular flexibility index (Phi) is 5.54. The van der Waals surface area contributed by atoms with E-state index < -0.39 is 0 Å². The van der Waals surface area contributed by atoms with Gasteiger partial charge in [-0.15, -0.1) is 11.3 Å². The van der Waals surface area contributed by atoms with E-state index in [1.807, 2.05) is 36.7 Å². The molecule has 4 nitrogen and oxygen atoms in total. The van der Waals surface area contributed by atoms with Crippen LogP contribution in [-0.4, -0.2) is 30.5 Å². The SMILES string of the molecule is CN(Cc1ccccc1NC[C@@H]1CCC=CO1)C(=O)c1cccs1. The molecule has 0 radical (unpaired) electrons. The van der Waals surface area contributed by atoms with Gasteiger partial charge in [-0.25, -0.2) is 0 Å². The van der Waals surface area contributed by atoms with E-state index in [-0.39, 0.29) is 12.0 Å². The predicted octanol–water partition coefficient (Wildman–Crippen LogP) is 4.12. The number of nitrogens with one attached hydrogen (secondary N) is 1. The van der Waals surface area contributed by atoms with Crippen LogP contribution < -0.4 is 5.32 Å². The van der Waals surface area contributed by atoms with Crippen molar-refractivity contribution in [3.8, 4) is 0 Å². The van der Waals surface area contributed by atoms with Gasteiger partial charge in [0.1, 0.15) is 6.10 Å². The third-order valence-electron chi connectivity index (χ3n) is 4.05. The highest BCUT2D eigenvalue weighted by Gasteiger charge is 2.15. The molecule has 1 N–H and O–H groups in total. The molecule has 3 rings (SSSR count). The fourth-order valence-corrected chi connectivity index (χ4v) is 3.42. The van der Waals surface area contributed by atoms with E-state index in [0.29, 0.717) is 6.54 Å². The van der Waals surface area contributed by atoms with Crippen LogP contribution in [0.15, 0.2) is 54.1 Å². The summed E-state index contributed by atoms with van der Waals surface area (Å²) >= 11 is 1.47. The number of rotatable bonds is 6. The van der Waals surface area contributed by atoms with Crippen molar-refractivity contribution in [2.24, 2.45) is 0 Å². The predicted molar refractivity (Wildman–Crippen MR) is 98.3 cm³/mol. The number of benzene rings is 1. The summed E-state index contributed by atoms with van der Waals surface area (Å²) in [6.07, 6.45) is 6.13. The Morgan fingerprint density at radius 1 is 1.33 bits per heavy atom. The molecule has 0 fully saturated rings. The summed E-state index contributed by atoms with van der Waals surface area (Å²) in [5, 5.41) is 5.39. The van der Waals surface area contributed by atoms with Crippen molar-refractivity contribution in [2.75, 3.05) is 18.9 Å². The molecular formula is C19H22N2O2S. The van der Waals surface area contributed by atoms with E-state index in [1.165, 1.54) is 11.3 Å². The van der Waals surface area contributed by atoms with Crippen LogP contribution in [0.1, 0.15) is 28.1 Å². The van der Waals surface area contributed by atoms with E-state index in [4.69, 9.17) is 4.74 Å². The molecule has 2 aromatic rings. The minimum absolute atomic E-state index is 0.0561. The molecule has 2 heterocycles. The number of hydrogen-bond acceptors (Lipinski definition) is 4. The number of nitrogens with zero attached hydrogens (tertiary/aromatic N) is 1. The standard InChI is InChI=1S/C19H22N2O2S/c1-21(19(22)18-10-6-12-24-18)14-15-7-2-3-9-17(15)20-13-16-8-4-5-11-23-16/h2-3,5-7,9-12,16,20H,4,8,13-14H2,1H3/t16-/m0/s1. The molecule has 1 aromatic carbocycles. The zero-order valence-corrected chi connectivity index (χ0v) is 14.6. The summed E-state index contributed by atoms with van der Waals surface area (Å²) in [6.45, 7) is 1.34. The summed E-state index contributed by atoms with van der Waals surface area (Å²) in [5.41, 5.74) is 2.16. The Balaban J connectivity index is 1.63. The van der Waals surface area contributed by atoms with Crippen molar-refractivity contribution < 1.29 is 9.53 Å². The second-order valence-corrected chi connectivity index (χ2v) is 6.83. The van der Waals surface area contributed by atoms with Crippen LogP contribution in [0.3, 0.4) is 0 Å². The van der Waals surface area contributed by atoms with Crippen molar-refractivity contribution in [1.29, 1.82) is 0 Å². The van der Waals surface area contributed by atoms with E-state index in [1.54, 1.807) is 11.2 Å². The maximum absolute atomic E-state index is 12.4. The van der Waals surface area contributed by atoms with Crippen molar-refractivity contribution in [1.82, 2.24) is 4.90 Å². The smallest absolute Gasteiger partial charge is 0.263 e. The van der Waals surface area contributed by atoms with Crippen molar-refractivity contribution in [3.63, 3.8) is 0 Å². The number of allylic oxidation sites excluding steroid dienone is 1. The zero-order valence-electron chi connectivity index (χ0n) is 13.8. The summed E-state index contributed by atoms with van der Waals surface area (Å²) in [4.78, 5) is 14.9. The highest BCUT2D eigenvalue weighted by atomic mass is 32.1. The Labute approximate surface area is 146 Å². The van der Waals surface area contributed by atoms with Crippen LogP contribution in [0.25, 0.3) is 0 Å². The molecule has 0 bridgehead atoms. The van der Waals surface area contributed by atoms with Gasteiger partial charge in [-0.1, -0.05) is 24.3 Å². The number of ether oxygens (including phenoxy) is 1. The molecule has 1 aromatic heterocycles. The lowest BCUT2D eigenvalue weighted by atomic mass is 10.1. The van der Waals surface area contributed by atoms with Gasteiger partial charge in [0.25, 0.3) is 5.91 Å². The molecule has 126 valence electrons. The van der Waals surface area contributed by atoms with Gasteiger partial charge in [0, 0.05) is 19.3 Å². The summed E-state index contributed by atoms with van der Waals surface area (Å²) in [7, 11) is 1.84. The fourth-order valence-electron chi connectivity index (χ4n) is 2.71. The van der Waals surface area contributed by atoms with Crippen LogP contribution in [0.2, 0.25) is 0 Å². The van der Waals surface area contributed by atoms with Crippen LogP contribution in [0.4, 0.5) is 5.69 Å². The lowest BCUT2D eigenvalue weighted by Crippen LogP contribution is -2.27. The number of carbonyl (C=O) groups excluding carboxylic acids is 1. The van der Waals surface area contributed by atoms with Gasteiger partial charge < -0.3 is 15.0 Å². The molecule has 5 heteroatoms. The maximum Gasteiger partial charge on any atom is 0.263 e. The lowest BCUT2D eigenvalue weighted by molar-refractivity contribution is 0.0790. The van der Waals surface area contributed by atoms with Gasteiger partial charge in [0.2, 0.25) is 0 Å². The largest absolute Gasteiger partial charge is 0.497 e. The van der Waals surface area contributed by atoms with Crippen LogP contribution in [-0.2, 0) is 11.3 Å². The Bertz CT molecular complexity index is 697. The number of para-hydroxylation sites is 1. The molecule has 0 saturated heterocycles. The number of amides is 1. The number of hydrogen-bond donors (Lipinski definition) is 1. The molecule has 0 saturated carbocycles. The van der Waals surface area contributed by atoms with Crippen molar-refractivity contribution in [3.05, 3.63) is 64.6 Å². The van der Waals surface area contributed by atoms with Crippen molar-refractivity contribution in [2.45, 2.75) is 25.5 Å².